The number of carbonyl (C=O) groups excluding carboxylic acids is 1. The van der Waals surface area contributed by atoms with Gasteiger partial charge in [-0.2, -0.15) is 0 Å². The van der Waals surface area contributed by atoms with Gasteiger partial charge in [0.2, 0.25) is 0 Å². The Hall–Kier alpha value is -2.11. The van der Waals surface area contributed by atoms with Crippen LogP contribution in [0.4, 0.5) is 5.69 Å². The lowest BCUT2D eigenvalue weighted by atomic mass is 10.1. The first-order valence-corrected chi connectivity index (χ1v) is 5.97. The van der Waals surface area contributed by atoms with Crippen LogP contribution in [0.1, 0.15) is 38.1 Å². The molecule has 1 rings (SSSR count). The molecule has 0 bridgehead atoms. The smallest absolute Gasteiger partial charge is 0.342 e. The lowest BCUT2D eigenvalue weighted by molar-refractivity contribution is -0.384. The van der Waals surface area contributed by atoms with Crippen molar-refractivity contribution in [2.24, 2.45) is 0 Å². The van der Waals surface area contributed by atoms with E-state index in [4.69, 9.17) is 9.47 Å². The second-order valence-corrected chi connectivity index (χ2v) is 4.56. The monoisotopic (exact) mass is 267 g/mol. The Balaban J connectivity index is 3.15. The molecule has 0 spiro atoms. The summed E-state index contributed by atoms with van der Waals surface area (Å²) in [5.74, 6) is -0.393. The summed E-state index contributed by atoms with van der Waals surface area (Å²) >= 11 is 0. The van der Waals surface area contributed by atoms with Crippen molar-refractivity contribution in [2.45, 2.75) is 39.9 Å². The van der Waals surface area contributed by atoms with Crippen LogP contribution in [0.25, 0.3) is 0 Å². The van der Waals surface area contributed by atoms with Gasteiger partial charge in [-0.05, 0) is 33.8 Å². The van der Waals surface area contributed by atoms with Gasteiger partial charge < -0.3 is 9.47 Å². The minimum Gasteiger partial charge on any atom is -0.490 e. The van der Waals surface area contributed by atoms with Crippen molar-refractivity contribution >= 4 is 11.7 Å². The predicted octanol–water partition coefficient (Wildman–Crippen LogP) is 2.95. The Morgan fingerprint density at radius 3 is 2.32 bits per heavy atom. The van der Waals surface area contributed by atoms with E-state index in [-0.39, 0.29) is 29.2 Å². The van der Waals surface area contributed by atoms with Crippen molar-refractivity contribution in [3.8, 4) is 5.75 Å². The predicted molar refractivity (Wildman–Crippen MR) is 69.4 cm³/mol. The maximum Gasteiger partial charge on any atom is 0.342 e. The molecule has 0 aliphatic heterocycles. The summed E-state index contributed by atoms with van der Waals surface area (Å²) in [4.78, 5) is 22.1. The highest BCUT2D eigenvalue weighted by atomic mass is 16.6. The van der Waals surface area contributed by atoms with Crippen LogP contribution in [0.3, 0.4) is 0 Å². The molecule has 0 heterocycles. The third kappa shape index (κ3) is 4.24. The minimum atomic E-state index is -0.555. The number of rotatable bonds is 5. The molecule has 0 fully saturated rings. The zero-order valence-corrected chi connectivity index (χ0v) is 11.4. The summed E-state index contributed by atoms with van der Waals surface area (Å²) in [7, 11) is 0. The molecule has 0 aliphatic carbocycles. The second-order valence-electron chi connectivity index (χ2n) is 4.56. The van der Waals surface area contributed by atoms with E-state index < -0.39 is 10.9 Å². The van der Waals surface area contributed by atoms with Gasteiger partial charge >= 0.3 is 5.97 Å². The van der Waals surface area contributed by atoms with Gasteiger partial charge in [-0.25, -0.2) is 4.79 Å². The number of non-ortho nitro benzene ring substituents is 1. The summed E-state index contributed by atoms with van der Waals surface area (Å²) in [5, 5.41) is 10.7. The maximum absolute atomic E-state index is 11.9. The second kappa shape index (κ2) is 6.17. The molecule has 6 heteroatoms. The number of ether oxygens (including phenoxy) is 2. The molecule has 19 heavy (non-hydrogen) atoms. The molecule has 0 aliphatic rings. The number of nitro groups is 1. The molecule has 0 atom stereocenters. The van der Waals surface area contributed by atoms with Gasteiger partial charge in [0.25, 0.3) is 5.69 Å². The number of nitrogens with zero attached hydrogens (tertiary/aromatic N) is 1. The van der Waals surface area contributed by atoms with Gasteiger partial charge in [0.1, 0.15) is 11.3 Å². The normalized spacial score (nSPS) is 10.6. The molecule has 0 aromatic heterocycles. The molecule has 0 N–H and O–H groups in total. The SMILES string of the molecule is CC(C)OC(=O)c1ccc([N+](=O)[O-])cc1OC(C)C. The van der Waals surface area contributed by atoms with Crippen molar-refractivity contribution in [3.63, 3.8) is 0 Å². The molecule has 0 amide bonds. The van der Waals surface area contributed by atoms with Crippen molar-refractivity contribution in [3.05, 3.63) is 33.9 Å². The standard InChI is InChI=1S/C13H17NO5/c1-8(2)18-12-7-10(14(16)17)5-6-11(12)13(15)19-9(3)4/h5-9H,1-4H3. The number of carbonyl (C=O) groups is 1. The molecule has 1 aromatic carbocycles. The minimum absolute atomic E-state index is 0.128. The molecule has 0 saturated heterocycles. The van der Waals surface area contributed by atoms with E-state index in [0.29, 0.717) is 0 Å². The van der Waals surface area contributed by atoms with E-state index in [2.05, 4.69) is 0 Å². The summed E-state index contributed by atoms with van der Waals surface area (Å²) < 4.78 is 10.5. The van der Waals surface area contributed by atoms with Crippen LogP contribution in [0.15, 0.2) is 18.2 Å². The largest absolute Gasteiger partial charge is 0.490 e. The highest BCUT2D eigenvalue weighted by Gasteiger charge is 2.20. The zero-order chi connectivity index (χ0) is 14.6. The third-order valence-corrected chi connectivity index (χ3v) is 2.10. The maximum atomic E-state index is 11.9. The molecule has 6 nitrogen and oxygen atoms in total. The summed E-state index contributed by atoms with van der Waals surface area (Å²) in [6.45, 7) is 7.01. The Morgan fingerprint density at radius 1 is 1.21 bits per heavy atom. The summed E-state index contributed by atoms with van der Waals surface area (Å²) in [6, 6.07) is 3.83. The first-order chi connectivity index (χ1) is 8.81. The van der Waals surface area contributed by atoms with E-state index >= 15 is 0 Å². The highest BCUT2D eigenvalue weighted by Crippen LogP contribution is 2.26. The zero-order valence-electron chi connectivity index (χ0n) is 11.4. The van der Waals surface area contributed by atoms with Gasteiger partial charge in [-0.15, -0.1) is 0 Å². The summed E-state index contributed by atoms with van der Waals surface area (Å²) in [5.41, 5.74) is 0.0600. The molecule has 0 unspecified atom stereocenters. The molecule has 0 saturated carbocycles. The fourth-order valence-corrected chi connectivity index (χ4v) is 1.42. The van der Waals surface area contributed by atoms with Gasteiger partial charge in [-0.3, -0.25) is 10.1 Å². The average molecular weight is 267 g/mol. The van der Waals surface area contributed by atoms with Crippen molar-refractivity contribution in [1.82, 2.24) is 0 Å². The molecule has 104 valence electrons. The van der Waals surface area contributed by atoms with E-state index in [1.165, 1.54) is 18.2 Å². The first-order valence-electron chi connectivity index (χ1n) is 5.97. The topological polar surface area (TPSA) is 78.7 Å². The van der Waals surface area contributed by atoms with Gasteiger partial charge in [-0.1, -0.05) is 0 Å². The molecule has 0 radical (unpaired) electrons. The third-order valence-electron chi connectivity index (χ3n) is 2.10. The summed E-state index contributed by atoms with van der Waals surface area (Å²) in [6.07, 6.45) is -0.470. The van der Waals surface area contributed by atoms with Gasteiger partial charge in [0.15, 0.2) is 0 Å². The fourth-order valence-electron chi connectivity index (χ4n) is 1.42. The van der Waals surface area contributed by atoms with Crippen LogP contribution >= 0.6 is 0 Å². The fraction of sp³-hybridized carbons (Fsp3) is 0.462. The average Bonchev–Trinajstić information content (AvgIpc) is 2.26. The van der Waals surface area contributed by atoms with Crippen molar-refractivity contribution < 1.29 is 19.2 Å². The highest BCUT2D eigenvalue weighted by molar-refractivity contribution is 5.93. The molecular weight excluding hydrogens is 250 g/mol. The molecule has 1 aromatic rings. The van der Waals surface area contributed by atoms with Gasteiger partial charge in [0, 0.05) is 6.07 Å². The molecular formula is C13H17NO5. The Kier molecular flexibility index (Phi) is 4.86. The Morgan fingerprint density at radius 2 is 1.84 bits per heavy atom. The van der Waals surface area contributed by atoms with Crippen LogP contribution in [-0.2, 0) is 4.74 Å². The van der Waals surface area contributed by atoms with E-state index in [9.17, 15) is 14.9 Å². The number of nitro benzene ring substituents is 1. The number of hydrogen-bond acceptors (Lipinski definition) is 5. The van der Waals surface area contributed by atoms with Crippen LogP contribution in [-0.4, -0.2) is 23.1 Å². The van der Waals surface area contributed by atoms with E-state index in [1.807, 2.05) is 0 Å². The van der Waals surface area contributed by atoms with Gasteiger partial charge in [0.05, 0.1) is 23.2 Å². The number of benzene rings is 1. The number of hydrogen-bond donors (Lipinski definition) is 0. The van der Waals surface area contributed by atoms with Crippen LogP contribution in [0, 0.1) is 10.1 Å². The van der Waals surface area contributed by atoms with Crippen LogP contribution in [0.2, 0.25) is 0 Å². The van der Waals surface area contributed by atoms with Crippen LogP contribution < -0.4 is 4.74 Å². The lowest BCUT2D eigenvalue weighted by Crippen LogP contribution is -2.15. The van der Waals surface area contributed by atoms with Crippen molar-refractivity contribution in [2.75, 3.05) is 0 Å². The van der Waals surface area contributed by atoms with Crippen LogP contribution in [0.5, 0.6) is 5.75 Å². The lowest BCUT2D eigenvalue weighted by Gasteiger charge is -2.14. The van der Waals surface area contributed by atoms with E-state index in [0.717, 1.165) is 0 Å². The quantitative estimate of drug-likeness (QED) is 0.465. The van der Waals surface area contributed by atoms with E-state index in [1.54, 1.807) is 27.7 Å². The Bertz CT molecular complexity index is 482. The number of esters is 1. The first kappa shape index (κ1) is 14.9. The van der Waals surface area contributed by atoms with Crippen molar-refractivity contribution in [1.29, 1.82) is 0 Å². The Labute approximate surface area is 111 Å².